The molecule has 0 heterocycles. The summed E-state index contributed by atoms with van der Waals surface area (Å²) in [6.45, 7) is 5.01. The van der Waals surface area contributed by atoms with Crippen LogP contribution in [0.5, 0.6) is 5.75 Å². The molecule has 0 aliphatic rings. The van der Waals surface area contributed by atoms with Gasteiger partial charge in [0, 0.05) is 13.6 Å². The van der Waals surface area contributed by atoms with Gasteiger partial charge in [0.25, 0.3) is 0 Å². The number of hydrogen-bond donors (Lipinski definition) is 1. The third-order valence-corrected chi connectivity index (χ3v) is 3.29. The molecular formula is C15H24N2O2. The molecule has 106 valence electrons. The summed E-state index contributed by atoms with van der Waals surface area (Å²) in [6.07, 6.45) is 0.768. The molecule has 0 unspecified atom stereocenters. The number of carbonyl (C=O) groups excluding carboxylic acids is 1. The van der Waals surface area contributed by atoms with Crippen molar-refractivity contribution in [1.29, 1.82) is 0 Å². The number of methoxy groups -OCH3 is 1. The van der Waals surface area contributed by atoms with Gasteiger partial charge in [-0.3, -0.25) is 4.79 Å². The van der Waals surface area contributed by atoms with Crippen molar-refractivity contribution < 1.29 is 9.53 Å². The molecule has 0 aromatic heterocycles. The van der Waals surface area contributed by atoms with Gasteiger partial charge in [-0.05, 0) is 29.5 Å². The van der Waals surface area contributed by atoms with E-state index < -0.39 is 0 Å². The van der Waals surface area contributed by atoms with Gasteiger partial charge >= 0.3 is 0 Å². The van der Waals surface area contributed by atoms with E-state index >= 15 is 0 Å². The number of carbonyl (C=O) groups is 1. The van der Waals surface area contributed by atoms with Gasteiger partial charge in [0.1, 0.15) is 5.75 Å². The van der Waals surface area contributed by atoms with E-state index in [2.05, 4.69) is 32.0 Å². The quantitative estimate of drug-likeness (QED) is 0.852. The molecule has 0 atom stereocenters. The molecule has 0 saturated carbocycles. The van der Waals surface area contributed by atoms with Crippen molar-refractivity contribution in [3.63, 3.8) is 0 Å². The number of benzene rings is 1. The van der Waals surface area contributed by atoms with Crippen LogP contribution < -0.4 is 10.5 Å². The van der Waals surface area contributed by atoms with E-state index in [9.17, 15) is 4.79 Å². The van der Waals surface area contributed by atoms with Crippen LogP contribution in [0.1, 0.15) is 30.9 Å². The Kier molecular flexibility index (Phi) is 5.83. The van der Waals surface area contributed by atoms with Crippen LogP contribution >= 0.6 is 0 Å². The van der Waals surface area contributed by atoms with Gasteiger partial charge in [0.2, 0.25) is 5.91 Å². The molecular weight excluding hydrogens is 240 g/mol. The molecule has 0 bridgehead atoms. The Balaban J connectivity index is 2.76. The second kappa shape index (κ2) is 7.14. The predicted octanol–water partition coefficient (Wildman–Crippen LogP) is 1.78. The predicted molar refractivity (Wildman–Crippen MR) is 77.5 cm³/mol. The van der Waals surface area contributed by atoms with Gasteiger partial charge in [-0.25, -0.2) is 0 Å². The lowest BCUT2D eigenvalue weighted by atomic mass is 10.00. The van der Waals surface area contributed by atoms with Crippen molar-refractivity contribution in [2.24, 2.45) is 5.73 Å². The molecule has 2 N–H and O–H groups in total. The van der Waals surface area contributed by atoms with E-state index in [1.54, 1.807) is 19.1 Å². The maximum atomic E-state index is 11.4. The van der Waals surface area contributed by atoms with Crippen molar-refractivity contribution in [2.75, 3.05) is 27.2 Å². The fourth-order valence-corrected chi connectivity index (χ4v) is 1.90. The van der Waals surface area contributed by atoms with E-state index in [1.807, 2.05) is 0 Å². The fraction of sp³-hybridized carbons (Fsp3) is 0.533. The maximum absolute atomic E-state index is 11.4. The zero-order valence-electron chi connectivity index (χ0n) is 12.3. The lowest BCUT2D eigenvalue weighted by Gasteiger charge is -2.18. The van der Waals surface area contributed by atoms with Crippen LogP contribution in [-0.2, 0) is 11.2 Å². The van der Waals surface area contributed by atoms with Crippen LogP contribution in [0.3, 0.4) is 0 Å². The van der Waals surface area contributed by atoms with Gasteiger partial charge in [0.15, 0.2) is 0 Å². The van der Waals surface area contributed by atoms with E-state index in [-0.39, 0.29) is 12.5 Å². The Morgan fingerprint density at radius 3 is 2.63 bits per heavy atom. The van der Waals surface area contributed by atoms with Crippen LogP contribution in [0, 0.1) is 0 Å². The molecule has 0 aliphatic heterocycles. The van der Waals surface area contributed by atoms with Crippen LogP contribution in [0.25, 0.3) is 0 Å². The topological polar surface area (TPSA) is 55.6 Å². The van der Waals surface area contributed by atoms with Crippen LogP contribution in [0.15, 0.2) is 18.2 Å². The first kappa shape index (κ1) is 15.5. The molecule has 4 heteroatoms. The number of rotatable bonds is 6. The third kappa shape index (κ3) is 4.24. The first-order valence-corrected chi connectivity index (χ1v) is 6.60. The summed E-state index contributed by atoms with van der Waals surface area (Å²) < 4.78 is 5.43. The van der Waals surface area contributed by atoms with E-state index in [0.717, 1.165) is 17.7 Å². The second-order valence-electron chi connectivity index (χ2n) is 5.00. The maximum Gasteiger partial charge on any atom is 0.236 e. The molecule has 0 radical (unpaired) electrons. The first-order valence-electron chi connectivity index (χ1n) is 6.60. The van der Waals surface area contributed by atoms with Gasteiger partial charge in [-0.15, -0.1) is 0 Å². The number of ether oxygens (including phenoxy) is 1. The van der Waals surface area contributed by atoms with Gasteiger partial charge in [-0.2, -0.15) is 0 Å². The molecule has 1 aromatic rings. The second-order valence-corrected chi connectivity index (χ2v) is 5.00. The van der Waals surface area contributed by atoms with E-state index in [0.29, 0.717) is 12.5 Å². The van der Waals surface area contributed by atoms with Crippen molar-refractivity contribution in [2.45, 2.75) is 26.2 Å². The number of amides is 1. The van der Waals surface area contributed by atoms with Crippen LogP contribution in [-0.4, -0.2) is 38.1 Å². The number of hydrogen-bond acceptors (Lipinski definition) is 3. The minimum atomic E-state index is -0.0437. The molecule has 1 amide bonds. The Labute approximate surface area is 115 Å². The number of likely N-dealkylation sites (N-methyl/N-ethyl adjacent to an activating group) is 1. The van der Waals surface area contributed by atoms with Crippen molar-refractivity contribution in [1.82, 2.24) is 4.90 Å². The van der Waals surface area contributed by atoms with Crippen molar-refractivity contribution in [3.05, 3.63) is 29.3 Å². The van der Waals surface area contributed by atoms with Gasteiger partial charge < -0.3 is 15.4 Å². The summed E-state index contributed by atoms with van der Waals surface area (Å²) in [5, 5.41) is 0. The average molecular weight is 264 g/mol. The highest BCUT2D eigenvalue weighted by molar-refractivity contribution is 5.77. The summed E-state index contributed by atoms with van der Waals surface area (Å²) in [7, 11) is 3.45. The summed E-state index contributed by atoms with van der Waals surface area (Å²) >= 11 is 0. The van der Waals surface area contributed by atoms with Crippen LogP contribution in [0.2, 0.25) is 0 Å². The standard InChI is InChI=1S/C15H24N2O2/c1-11(2)13-6-5-12(14(9-13)19-4)7-8-17(3)15(18)10-16/h5-6,9,11H,7-8,10,16H2,1-4H3. The van der Waals surface area contributed by atoms with Crippen LogP contribution in [0.4, 0.5) is 0 Å². The normalized spacial score (nSPS) is 10.6. The molecule has 1 aromatic carbocycles. The largest absolute Gasteiger partial charge is 0.496 e. The SMILES string of the molecule is COc1cc(C(C)C)ccc1CCN(C)C(=O)CN. The lowest BCUT2D eigenvalue weighted by Crippen LogP contribution is -2.34. The molecule has 0 aliphatic carbocycles. The highest BCUT2D eigenvalue weighted by atomic mass is 16.5. The summed E-state index contributed by atoms with van der Waals surface area (Å²) in [6, 6.07) is 6.27. The smallest absolute Gasteiger partial charge is 0.236 e. The Bertz CT molecular complexity index is 430. The molecule has 1 rings (SSSR count). The summed E-state index contributed by atoms with van der Waals surface area (Å²) in [5.74, 6) is 1.32. The van der Waals surface area contributed by atoms with Gasteiger partial charge in [0.05, 0.1) is 13.7 Å². The average Bonchev–Trinajstić information content (AvgIpc) is 2.43. The van der Waals surface area contributed by atoms with Gasteiger partial charge in [-0.1, -0.05) is 26.0 Å². The minimum Gasteiger partial charge on any atom is -0.496 e. The number of nitrogens with two attached hydrogens (primary N) is 1. The Hall–Kier alpha value is -1.55. The Morgan fingerprint density at radius 2 is 2.11 bits per heavy atom. The fourth-order valence-electron chi connectivity index (χ4n) is 1.90. The third-order valence-electron chi connectivity index (χ3n) is 3.29. The monoisotopic (exact) mass is 264 g/mol. The lowest BCUT2D eigenvalue weighted by molar-refractivity contribution is -0.128. The van der Waals surface area contributed by atoms with E-state index in [1.165, 1.54) is 5.56 Å². The van der Waals surface area contributed by atoms with Crippen molar-refractivity contribution >= 4 is 5.91 Å². The zero-order chi connectivity index (χ0) is 14.4. The van der Waals surface area contributed by atoms with E-state index in [4.69, 9.17) is 10.5 Å². The summed E-state index contributed by atoms with van der Waals surface area (Å²) in [4.78, 5) is 13.0. The highest BCUT2D eigenvalue weighted by Crippen LogP contribution is 2.25. The first-order chi connectivity index (χ1) is 8.99. The Morgan fingerprint density at radius 1 is 1.42 bits per heavy atom. The molecule has 0 spiro atoms. The van der Waals surface area contributed by atoms with Crippen molar-refractivity contribution in [3.8, 4) is 5.75 Å². The summed E-state index contributed by atoms with van der Waals surface area (Å²) in [5.41, 5.74) is 7.71. The minimum absolute atomic E-state index is 0.0437. The molecule has 4 nitrogen and oxygen atoms in total. The number of nitrogens with zero attached hydrogens (tertiary/aromatic N) is 1. The highest BCUT2D eigenvalue weighted by Gasteiger charge is 2.10. The molecule has 0 saturated heterocycles. The zero-order valence-corrected chi connectivity index (χ0v) is 12.3. The molecule has 0 fully saturated rings. The molecule has 19 heavy (non-hydrogen) atoms.